The molecule has 0 atom stereocenters. The Kier molecular flexibility index (Phi) is 6.86. The molecular formula is C28H31N7O. The van der Waals surface area contributed by atoms with Crippen molar-refractivity contribution in [3.8, 4) is 11.4 Å². The lowest BCUT2D eigenvalue weighted by Crippen LogP contribution is -2.27. The van der Waals surface area contributed by atoms with E-state index in [2.05, 4.69) is 54.7 Å². The molecule has 3 heterocycles. The van der Waals surface area contributed by atoms with Crippen LogP contribution in [-0.2, 0) is 17.8 Å². The van der Waals surface area contributed by atoms with E-state index in [9.17, 15) is 4.79 Å². The summed E-state index contributed by atoms with van der Waals surface area (Å²) in [5.41, 5.74) is 6.24. The molecule has 1 N–H and O–H groups in total. The van der Waals surface area contributed by atoms with Crippen molar-refractivity contribution in [3.05, 3.63) is 78.5 Å². The molecular weight excluding hydrogens is 450 g/mol. The van der Waals surface area contributed by atoms with Crippen molar-refractivity contribution < 1.29 is 4.79 Å². The number of allylic oxidation sites excluding steroid dienone is 2. The predicted octanol–water partition coefficient (Wildman–Crippen LogP) is 4.68. The van der Waals surface area contributed by atoms with Gasteiger partial charge < -0.3 is 14.8 Å². The van der Waals surface area contributed by atoms with Crippen molar-refractivity contribution in [2.45, 2.75) is 45.2 Å². The largest absolute Gasteiger partial charge is 0.321 e. The second-order valence-corrected chi connectivity index (χ2v) is 9.42. The maximum absolute atomic E-state index is 12.9. The third-order valence-corrected chi connectivity index (χ3v) is 6.60. The predicted molar refractivity (Wildman–Crippen MR) is 143 cm³/mol. The van der Waals surface area contributed by atoms with Crippen molar-refractivity contribution >= 4 is 22.9 Å². The van der Waals surface area contributed by atoms with Gasteiger partial charge in [-0.3, -0.25) is 14.8 Å². The summed E-state index contributed by atoms with van der Waals surface area (Å²) < 4.78 is 2.11. The number of pyridine rings is 1. The SMILES string of the molecule is C=C(/C=C\N=C(CC)C(=O)Nc1cccc(-c2nncn2C2CC2)c1)c1cnc2c(c1)CN(C)CC2. The number of nitrogens with one attached hydrogen (secondary N) is 1. The second-order valence-electron chi connectivity index (χ2n) is 9.42. The lowest BCUT2D eigenvalue weighted by Gasteiger charge is -2.24. The number of likely N-dealkylation sites (N-methyl/N-ethyl adjacent to an activating group) is 1. The van der Waals surface area contributed by atoms with Gasteiger partial charge in [-0.15, -0.1) is 10.2 Å². The fraction of sp³-hybridized carbons (Fsp3) is 0.321. The van der Waals surface area contributed by atoms with Crippen LogP contribution in [0.1, 0.15) is 49.0 Å². The van der Waals surface area contributed by atoms with Gasteiger partial charge in [-0.05, 0) is 67.3 Å². The molecule has 0 radical (unpaired) electrons. The highest BCUT2D eigenvalue weighted by molar-refractivity contribution is 6.43. The molecule has 1 fully saturated rings. The minimum absolute atomic E-state index is 0.230. The van der Waals surface area contributed by atoms with Crippen LogP contribution in [0, 0.1) is 0 Å². The van der Waals surface area contributed by atoms with Crippen molar-refractivity contribution in [1.29, 1.82) is 0 Å². The van der Waals surface area contributed by atoms with Gasteiger partial charge in [-0.1, -0.05) is 25.6 Å². The van der Waals surface area contributed by atoms with Gasteiger partial charge in [0.05, 0.1) is 0 Å². The van der Waals surface area contributed by atoms with Gasteiger partial charge in [0, 0.05) is 54.9 Å². The van der Waals surface area contributed by atoms with Crippen LogP contribution in [0.5, 0.6) is 0 Å². The van der Waals surface area contributed by atoms with Gasteiger partial charge in [0.1, 0.15) is 12.0 Å². The number of amides is 1. The molecule has 0 spiro atoms. The standard InChI is InChI=1S/C28H31N7O/c1-4-25(29-12-10-19(2)21-14-22-17-34(3)13-11-26(22)30-16-21)28(36)32-23-7-5-6-20(15-23)27-33-31-18-35(27)24-8-9-24/h5-7,10,12,14-16,18,24H,2,4,8-9,11,13,17H2,1,3H3,(H,32,36)/b12-10-,29-25?. The van der Waals surface area contributed by atoms with Crippen LogP contribution in [0.4, 0.5) is 5.69 Å². The molecule has 36 heavy (non-hydrogen) atoms. The maximum Gasteiger partial charge on any atom is 0.270 e. The second kappa shape index (κ2) is 10.4. The average Bonchev–Trinajstić information content (AvgIpc) is 3.61. The summed E-state index contributed by atoms with van der Waals surface area (Å²) in [7, 11) is 2.12. The zero-order valence-corrected chi connectivity index (χ0v) is 20.8. The molecule has 1 aromatic carbocycles. The summed E-state index contributed by atoms with van der Waals surface area (Å²) in [5.74, 6) is 0.592. The van der Waals surface area contributed by atoms with E-state index in [1.807, 2.05) is 43.5 Å². The van der Waals surface area contributed by atoms with Crippen LogP contribution < -0.4 is 5.32 Å². The van der Waals surface area contributed by atoms with Crippen LogP contribution in [0.15, 0.2) is 66.7 Å². The van der Waals surface area contributed by atoms with E-state index in [-0.39, 0.29) is 5.91 Å². The molecule has 5 rings (SSSR count). The summed E-state index contributed by atoms with van der Waals surface area (Å²) in [6.07, 6.45) is 10.9. The van der Waals surface area contributed by atoms with E-state index in [0.29, 0.717) is 23.9 Å². The fourth-order valence-corrected chi connectivity index (χ4v) is 4.38. The lowest BCUT2D eigenvalue weighted by molar-refractivity contribution is -0.110. The zero-order chi connectivity index (χ0) is 25.1. The number of hydrogen-bond acceptors (Lipinski definition) is 6. The van der Waals surface area contributed by atoms with Crippen LogP contribution >= 0.6 is 0 Å². The van der Waals surface area contributed by atoms with E-state index >= 15 is 0 Å². The Morgan fingerprint density at radius 1 is 1.31 bits per heavy atom. The number of fused-ring (bicyclic) bond motifs is 1. The van der Waals surface area contributed by atoms with Gasteiger partial charge >= 0.3 is 0 Å². The number of hydrogen-bond donors (Lipinski definition) is 1. The molecule has 3 aromatic rings. The van der Waals surface area contributed by atoms with Crippen molar-refractivity contribution in [2.24, 2.45) is 4.99 Å². The van der Waals surface area contributed by atoms with Crippen LogP contribution in [0.2, 0.25) is 0 Å². The first-order chi connectivity index (χ1) is 17.5. The quantitative estimate of drug-likeness (QED) is 0.373. The fourth-order valence-electron chi connectivity index (χ4n) is 4.38. The molecule has 0 unspecified atom stereocenters. The smallest absolute Gasteiger partial charge is 0.270 e. The first kappa shape index (κ1) is 23.8. The Hall–Kier alpha value is -3.91. The summed E-state index contributed by atoms with van der Waals surface area (Å²) in [4.78, 5) is 24.3. The normalized spacial score (nSPS) is 16.2. The number of carbonyl (C=O) groups excluding carboxylic acids is 1. The van der Waals surface area contributed by atoms with Crippen molar-refractivity contribution in [2.75, 3.05) is 18.9 Å². The lowest BCUT2D eigenvalue weighted by atomic mass is 10.0. The van der Waals surface area contributed by atoms with Crippen molar-refractivity contribution in [1.82, 2.24) is 24.6 Å². The highest BCUT2D eigenvalue weighted by Gasteiger charge is 2.26. The van der Waals surface area contributed by atoms with E-state index in [4.69, 9.17) is 0 Å². The molecule has 1 aliphatic carbocycles. The number of carbonyl (C=O) groups is 1. The van der Waals surface area contributed by atoms with E-state index in [1.54, 1.807) is 12.5 Å². The molecule has 0 bridgehead atoms. The molecule has 1 aliphatic heterocycles. The Morgan fingerprint density at radius 3 is 2.97 bits per heavy atom. The van der Waals surface area contributed by atoms with Crippen LogP contribution in [-0.4, -0.2) is 49.9 Å². The number of benzene rings is 1. The minimum Gasteiger partial charge on any atom is -0.321 e. The average molecular weight is 482 g/mol. The number of nitrogens with zero attached hydrogens (tertiary/aromatic N) is 6. The third kappa shape index (κ3) is 5.33. The van der Waals surface area contributed by atoms with E-state index in [0.717, 1.165) is 60.6 Å². The summed E-state index contributed by atoms with van der Waals surface area (Å²) in [5, 5.41) is 11.3. The van der Waals surface area contributed by atoms with Gasteiger partial charge in [0.2, 0.25) is 0 Å². The number of aromatic nitrogens is 4. The first-order valence-electron chi connectivity index (χ1n) is 12.4. The summed E-state index contributed by atoms with van der Waals surface area (Å²) in [6.45, 7) is 8.00. The highest BCUT2D eigenvalue weighted by atomic mass is 16.1. The maximum atomic E-state index is 12.9. The monoisotopic (exact) mass is 481 g/mol. The van der Waals surface area contributed by atoms with Gasteiger partial charge in [-0.25, -0.2) is 0 Å². The molecule has 0 saturated heterocycles. The van der Waals surface area contributed by atoms with Crippen LogP contribution in [0.3, 0.4) is 0 Å². The van der Waals surface area contributed by atoms with Crippen LogP contribution in [0.25, 0.3) is 17.0 Å². The van der Waals surface area contributed by atoms with E-state index < -0.39 is 0 Å². The van der Waals surface area contributed by atoms with Gasteiger partial charge in [-0.2, -0.15) is 0 Å². The molecule has 2 aromatic heterocycles. The Balaban J connectivity index is 1.25. The Morgan fingerprint density at radius 2 is 2.17 bits per heavy atom. The van der Waals surface area contributed by atoms with Gasteiger partial charge in [0.15, 0.2) is 5.82 Å². The molecule has 184 valence electrons. The van der Waals surface area contributed by atoms with E-state index in [1.165, 1.54) is 5.56 Å². The molecule has 1 saturated carbocycles. The first-order valence-corrected chi connectivity index (χ1v) is 12.4. The minimum atomic E-state index is -0.230. The molecule has 1 amide bonds. The Labute approximate surface area is 211 Å². The zero-order valence-electron chi connectivity index (χ0n) is 20.8. The number of aliphatic imine (C=N–C) groups is 1. The summed E-state index contributed by atoms with van der Waals surface area (Å²) in [6, 6.07) is 10.3. The third-order valence-electron chi connectivity index (χ3n) is 6.60. The molecule has 2 aliphatic rings. The summed E-state index contributed by atoms with van der Waals surface area (Å²) >= 11 is 0. The molecule has 8 heteroatoms. The topological polar surface area (TPSA) is 88.3 Å². The Bertz CT molecular complexity index is 1350. The number of rotatable bonds is 8. The number of anilines is 1. The van der Waals surface area contributed by atoms with Crippen molar-refractivity contribution in [3.63, 3.8) is 0 Å². The van der Waals surface area contributed by atoms with Gasteiger partial charge in [0.25, 0.3) is 5.91 Å². The molecule has 8 nitrogen and oxygen atoms in total. The highest BCUT2D eigenvalue weighted by Crippen LogP contribution is 2.37.